The Bertz CT molecular complexity index is 630. The van der Waals surface area contributed by atoms with Gasteiger partial charge in [-0.15, -0.1) is 0 Å². The number of benzene rings is 2. The van der Waals surface area contributed by atoms with Crippen molar-refractivity contribution in [2.75, 3.05) is 7.11 Å². The van der Waals surface area contributed by atoms with Crippen LogP contribution in [0.4, 0.5) is 4.39 Å². The molecule has 0 atom stereocenters. The Morgan fingerprint density at radius 1 is 1.14 bits per heavy atom. The van der Waals surface area contributed by atoms with Crippen LogP contribution < -0.4 is 4.74 Å². The summed E-state index contributed by atoms with van der Waals surface area (Å²) in [5.74, 6) is -0.115. The monoisotopic (exact) mass is 286 g/mol. The predicted octanol–water partition coefficient (Wildman–Crippen LogP) is 4.26. The molecule has 110 valence electrons. The summed E-state index contributed by atoms with van der Waals surface area (Å²) in [7, 11) is 1.43. The lowest BCUT2D eigenvalue weighted by atomic mass is 9.98. The molecule has 21 heavy (non-hydrogen) atoms. The van der Waals surface area contributed by atoms with Crippen LogP contribution in [-0.4, -0.2) is 12.9 Å². The van der Waals surface area contributed by atoms with Crippen molar-refractivity contribution in [3.63, 3.8) is 0 Å². The molecule has 0 bridgehead atoms. The summed E-state index contributed by atoms with van der Waals surface area (Å²) in [6.45, 7) is 4.28. The lowest BCUT2D eigenvalue weighted by Gasteiger charge is -2.09. The minimum absolute atomic E-state index is 0.0170. The van der Waals surface area contributed by atoms with Crippen molar-refractivity contribution >= 4 is 5.78 Å². The molecule has 0 saturated heterocycles. The molecule has 2 nitrogen and oxygen atoms in total. The highest BCUT2D eigenvalue weighted by atomic mass is 19.1. The van der Waals surface area contributed by atoms with Crippen molar-refractivity contribution in [1.82, 2.24) is 0 Å². The Balaban J connectivity index is 2.32. The first-order valence-corrected chi connectivity index (χ1v) is 6.99. The van der Waals surface area contributed by atoms with Crippen molar-refractivity contribution in [3.05, 3.63) is 65.0 Å². The Labute approximate surface area is 124 Å². The molecule has 0 unspecified atom stereocenters. The van der Waals surface area contributed by atoms with E-state index in [0.717, 1.165) is 6.42 Å². The lowest BCUT2D eigenvalue weighted by Crippen LogP contribution is -2.07. The van der Waals surface area contributed by atoms with Gasteiger partial charge in [-0.05, 0) is 30.0 Å². The molecule has 0 aliphatic carbocycles. The Hall–Kier alpha value is -2.16. The molecule has 0 spiro atoms. The summed E-state index contributed by atoms with van der Waals surface area (Å²) in [5, 5.41) is 0. The molecule has 0 radical (unpaired) electrons. The van der Waals surface area contributed by atoms with E-state index in [1.807, 2.05) is 12.1 Å². The molecule has 2 aromatic carbocycles. The van der Waals surface area contributed by atoms with Gasteiger partial charge in [-0.1, -0.05) is 44.2 Å². The highest BCUT2D eigenvalue weighted by molar-refractivity contribution is 6.10. The average Bonchev–Trinajstić information content (AvgIpc) is 2.46. The second-order valence-electron chi connectivity index (χ2n) is 5.44. The van der Waals surface area contributed by atoms with Gasteiger partial charge in [0.25, 0.3) is 0 Å². The minimum atomic E-state index is -0.564. The summed E-state index contributed by atoms with van der Waals surface area (Å²) < 4.78 is 19.0. The molecule has 0 saturated carbocycles. The third-order valence-corrected chi connectivity index (χ3v) is 3.28. The average molecular weight is 286 g/mol. The van der Waals surface area contributed by atoms with Gasteiger partial charge in [0.1, 0.15) is 17.1 Å². The van der Waals surface area contributed by atoms with Crippen LogP contribution in [0.1, 0.15) is 35.3 Å². The second kappa shape index (κ2) is 6.53. The van der Waals surface area contributed by atoms with E-state index in [9.17, 15) is 9.18 Å². The molecule has 2 rings (SSSR count). The topological polar surface area (TPSA) is 26.3 Å². The summed E-state index contributed by atoms with van der Waals surface area (Å²) in [6, 6.07) is 11.7. The number of methoxy groups -OCH3 is 1. The molecule has 0 aliphatic rings. The summed E-state index contributed by atoms with van der Waals surface area (Å²) in [6.07, 6.45) is 0.956. The van der Waals surface area contributed by atoms with Crippen molar-refractivity contribution in [1.29, 1.82) is 0 Å². The third kappa shape index (κ3) is 3.48. The fourth-order valence-corrected chi connectivity index (χ4v) is 2.30. The molecular formula is C18H19FO2. The van der Waals surface area contributed by atoms with E-state index in [1.54, 1.807) is 18.2 Å². The van der Waals surface area contributed by atoms with E-state index < -0.39 is 5.82 Å². The molecule has 0 aliphatic heterocycles. The van der Waals surface area contributed by atoms with Crippen LogP contribution in [0.3, 0.4) is 0 Å². The first kappa shape index (κ1) is 15.2. The predicted molar refractivity (Wildman–Crippen MR) is 81.4 cm³/mol. The maximum atomic E-state index is 13.9. The first-order valence-electron chi connectivity index (χ1n) is 6.99. The van der Waals surface area contributed by atoms with Gasteiger partial charge >= 0.3 is 0 Å². The number of hydrogen-bond donors (Lipinski definition) is 0. The van der Waals surface area contributed by atoms with E-state index in [1.165, 1.54) is 24.8 Å². The Kier molecular flexibility index (Phi) is 4.73. The Morgan fingerprint density at radius 3 is 2.38 bits per heavy atom. The molecule has 0 fully saturated rings. The van der Waals surface area contributed by atoms with Crippen molar-refractivity contribution in [2.45, 2.75) is 20.3 Å². The van der Waals surface area contributed by atoms with Crippen molar-refractivity contribution < 1.29 is 13.9 Å². The third-order valence-electron chi connectivity index (χ3n) is 3.28. The number of carbonyl (C=O) groups excluding carboxylic acids is 1. The number of halogens is 1. The number of rotatable bonds is 5. The van der Waals surface area contributed by atoms with Crippen LogP contribution in [0.5, 0.6) is 5.75 Å². The molecule has 2 aromatic rings. The van der Waals surface area contributed by atoms with E-state index in [0.29, 0.717) is 11.5 Å². The zero-order chi connectivity index (χ0) is 15.4. The van der Waals surface area contributed by atoms with Crippen LogP contribution in [0, 0.1) is 11.7 Å². The van der Waals surface area contributed by atoms with Crippen LogP contribution >= 0.6 is 0 Å². The molecular weight excluding hydrogens is 267 g/mol. The molecule has 0 aromatic heterocycles. The summed E-state index contributed by atoms with van der Waals surface area (Å²) in [5.41, 5.74) is 1.62. The maximum absolute atomic E-state index is 13.9. The quantitative estimate of drug-likeness (QED) is 0.767. The highest BCUT2D eigenvalue weighted by Gasteiger charge is 2.19. The largest absolute Gasteiger partial charge is 0.496 e. The fourth-order valence-electron chi connectivity index (χ4n) is 2.30. The number of carbonyl (C=O) groups is 1. The number of ether oxygens (including phenoxy) is 1. The Morgan fingerprint density at radius 2 is 1.81 bits per heavy atom. The van der Waals surface area contributed by atoms with Gasteiger partial charge in [0.15, 0.2) is 5.78 Å². The molecule has 0 N–H and O–H groups in total. The van der Waals surface area contributed by atoms with Gasteiger partial charge < -0.3 is 4.74 Å². The van der Waals surface area contributed by atoms with Gasteiger partial charge in [0, 0.05) is 5.56 Å². The standard InChI is InChI=1S/C18H19FO2/c1-12(2)11-13-7-9-14(10-8-13)18(20)17-15(19)5-4-6-16(17)21-3/h4-10,12H,11H2,1-3H3. The minimum Gasteiger partial charge on any atom is -0.496 e. The van der Waals surface area contributed by atoms with Gasteiger partial charge in [-0.2, -0.15) is 0 Å². The summed E-state index contributed by atoms with van der Waals surface area (Å²) >= 11 is 0. The smallest absolute Gasteiger partial charge is 0.199 e. The highest BCUT2D eigenvalue weighted by Crippen LogP contribution is 2.24. The fraction of sp³-hybridized carbons (Fsp3) is 0.278. The normalized spacial score (nSPS) is 10.7. The van der Waals surface area contributed by atoms with Gasteiger partial charge in [-0.25, -0.2) is 4.39 Å². The van der Waals surface area contributed by atoms with Gasteiger partial charge in [0.2, 0.25) is 0 Å². The number of hydrogen-bond acceptors (Lipinski definition) is 2. The lowest BCUT2D eigenvalue weighted by molar-refractivity contribution is 0.103. The van der Waals surface area contributed by atoms with Gasteiger partial charge in [0.05, 0.1) is 7.11 Å². The SMILES string of the molecule is COc1cccc(F)c1C(=O)c1ccc(CC(C)C)cc1. The zero-order valence-electron chi connectivity index (χ0n) is 12.5. The first-order chi connectivity index (χ1) is 10.0. The summed E-state index contributed by atoms with van der Waals surface area (Å²) in [4.78, 5) is 12.5. The molecule has 0 heterocycles. The zero-order valence-corrected chi connectivity index (χ0v) is 12.5. The van der Waals surface area contributed by atoms with Crippen LogP contribution in [-0.2, 0) is 6.42 Å². The van der Waals surface area contributed by atoms with Crippen LogP contribution in [0.15, 0.2) is 42.5 Å². The van der Waals surface area contributed by atoms with Gasteiger partial charge in [-0.3, -0.25) is 4.79 Å². The maximum Gasteiger partial charge on any atom is 0.199 e. The van der Waals surface area contributed by atoms with Crippen LogP contribution in [0.2, 0.25) is 0 Å². The van der Waals surface area contributed by atoms with E-state index >= 15 is 0 Å². The number of ketones is 1. The van der Waals surface area contributed by atoms with Crippen molar-refractivity contribution in [3.8, 4) is 5.75 Å². The molecule has 0 amide bonds. The van der Waals surface area contributed by atoms with E-state index in [-0.39, 0.29) is 17.1 Å². The van der Waals surface area contributed by atoms with E-state index in [4.69, 9.17) is 4.74 Å². The van der Waals surface area contributed by atoms with Crippen molar-refractivity contribution in [2.24, 2.45) is 5.92 Å². The van der Waals surface area contributed by atoms with Crippen LogP contribution in [0.25, 0.3) is 0 Å². The second-order valence-corrected chi connectivity index (χ2v) is 5.44. The molecule has 3 heteroatoms. The van der Waals surface area contributed by atoms with E-state index in [2.05, 4.69) is 13.8 Å².